The number of fused-ring (bicyclic) bond motifs is 2. The summed E-state index contributed by atoms with van der Waals surface area (Å²) in [7, 11) is 0. The Labute approximate surface area is 139 Å². The molecule has 3 aromatic carbocycles. The van der Waals surface area contributed by atoms with E-state index in [-0.39, 0.29) is 0 Å². The van der Waals surface area contributed by atoms with Gasteiger partial charge in [-0.15, -0.1) is 0 Å². The average molecular weight is 315 g/mol. The minimum atomic E-state index is -0.897. The maximum absolute atomic E-state index is 11.7. The summed E-state index contributed by atoms with van der Waals surface area (Å²) >= 11 is 0. The molecule has 1 N–H and O–H groups in total. The van der Waals surface area contributed by atoms with Crippen LogP contribution in [0.1, 0.15) is 21.6 Å². The normalized spacial score (nSPS) is 11.2. The van der Waals surface area contributed by atoms with E-state index in [4.69, 9.17) is 0 Å². The largest absolute Gasteiger partial charge is 0.477 e. The third-order valence-corrected chi connectivity index (χ3v) is 4.59. The van der Waals surface area contributed by atoms with Gasteiger partial charge in [-0.25, -0.2) is 4.79 Å². The van der Waals surface area contributed by atoms with Crippen molar-refractivity contribution in [3.8, 4) is 0 Å². The summed E-state index contributed by atoms with van der Waals surface area (Å²) in [5, 5.41) is 12.9. The zero-order chi connectivity index (χ0) is 16.7. The molecule has 1 aromatic heterocycles. The monoisotopic (exact) mass is 315 g/mol. The predicted octanol–water partition coefficient (Wildman–Crippen LogP) is 4.85. The van der Waals surface area contributed by atoms with Crippen LogP contribution in [0.4, 0.5) is 0 Å². The predicted molar refractivity (Wildman–Crippen MR) is 96.7 cm³/mol. The van der Waals surface area contributed by atoms with Gasteiger partial charge in [-0.3, -0.25) is 0 Å². The summed E-state index contributed by atoms with van der Waals surface area (Å²) in [5.74, 6) is -0.897. The van der Waals surface area contributed by atoms with Gasteiger partial charge in [-0.1, -0.05) is 54.6 Å². The lowest BCUT2D eigenvalue weighted by Gasteiger charge is -2.11. The number of aryl methyl sites for hydroxylation is 1. The Bertz CT molecular complexity index is 1070. The van der Waals surface area contributed by atoms with Gasteiger partial charge in [0.2, 0.25) is 0 Å². The van der Waals surface area contributed by atoms with Gasteiger partial charge in [-0.2, -0.15) is 0 Å². The number of rotatable bonds is 3. The number of aromatic carboxylic acids is 1. The molecule has 0 amide bonds. The maximum atomic E-state index is 11.7. The lowest BCUT2D eigenvalue weighted by molar-refractivity contribution is 0.0686. The summed E-state index contributed by atoms with van der Waals surface area (Å²) < 4.78 is 1.90. The standard InChI is InChI=1S/C21H17NO2/c1-14-6-4-11-19-18(14)12-20(21(23)24)22(19)13-16-9-5-8-15-7-2-3-10-17(15)16/h2-12H,13H2,1H3,(H,23,24). The van der Waals surface area contributed by atoms with Crippen molar-refractivity contribution in [2.75, 3.05) is 0 Å². The SMILES string of the molecule is Cc1cccc2c1cc(C(=O)O)n2Cc1cccc2ccccc12. The molecular formula is C21H17NO2. The van der Waals surface area contributed by atoms with Gasteiger partial charge in [-0.05, 0) is 41.0 Å². The molecule has 0 unspecified atom stereocenters. The second-order valence-electron chi connectivity index (χ2n) is 6.07. The fourth-order valence-electron chi connectivity index (χ4n) is 3.38. The second-order valence-corrected chi connectivity index (χ2v) is 6.07. The van der Waals surface area contributed by atoms with E-state index in [0.717, 1.165) is 27.4 Å². The lowest BCUT2D eigenvalue weighted by Crippen LogP contribution is -2.09. The minimum absolute atomic E-state index is 0.326. The van der Waals surface area contributed by atoms with Crippen molar-refractivity contribution < 1.29 is 9.90 Å². The Morgan fingerprint density at radius 3 is 2.54 bits per heavy atom. The molecule has 0 aliphatic heterocycles. The quantitative estimate of drug-likeness (QED) is 0.587. The van der Waals surface area contributed by atoms with Crippen LogP contribution in [-0.4, -0.2) is 15.6 Å². The molecule has 0 saturated carbocycles. The Hall–Kier alpha value is -3.07. The van der Waals surface area contributed by atoms with Gasteiger partial charge in [0.1, 0.15) is 5.69 Å². The van der Waals surface area contributed by atoms with Crippen LogP contribution in [0, 0.1) is 6.92 Å². The van der Waals surface area contributed by atoms with Crippen LogP contribution in [0.2, 0.25) is 0 Å². The molecule has 4 aromatic rings. The smallest absolute Gasteiger partial charge is 0.352 e. The summed E-state index contributed by atoms with van der Waals surface area (Å²) in [5.41, 5.74) is 3.49. The molecule has 0 aliphatic carbocycles. The highest BCUT2D eigenvalue weighted by Gasteiger charge is 2.16. The molecule has 0 saturated heterocycles. The van der Waals surface area contributed by atoms with Gasteiger partial charge < -0.3 is 9.67 Å². The lowest BCUT2D eigenvalue weighted by atomic mass is 10.0. The van der Waals surface area contributed by atoms with E-state index in [1.54, 1.807) is 6.07 Å². The van der Waals surface area contributed by atoms with E-state index in [0.29, 0.717) is 12.2 Å². The molecular weight excluding hydrogens is 298 g/mol. The van der Waals surface area contributed by atoms with Gasteiger partial charge >= 0.3 is 5.97 Å². The number of carboxylic acid groups (broad SMARTS) is 1. The second kappa shape index (κ2) is 5.53. The first-order valence-corrected chi connectivity index (χ1v) is 7.94. The first kappa shape index (κ1) is 14.5. The number of nitrogens with zero attached hydrogens (tertiary/aromatic N) is 1. The van der Waals surface area contributed by atoms with E-state index in [2.05, 4.69) is 24.3 Å². The molecule has 0 atom stereocenters. The van der Waals surface area contributed by atoms with Crippen molar-refractivity contribution in [1.29, 1.82) is 0 Å². The van der Waals surface area contributed by atoms with E-state index in [1.165, 1.54) is 5.39 Å². The zero-order valence-corrected chi connectivity index (χ0v) is 13.4. The maximum Gasteiger partial charge on any atom is 0.352 e. The molecule has 4 rings (SSSR count). The van der Waals surface area contributed by atoms with E-state index < -0.39 is 5.97 Å². The van der Waals surface area contributed by atoms with Gasteiger partial charge in [0, 0.05) is 17.4 Å². The van der Waals surface area contributed by atoms with Crippen molar-refractivity contribution >= 4 is 27.6 Å². The van der Waals surface area contributed by atoms with Crippen molar-refractivity contribution in [3.63, 3.8) is 0 Å². The molecule has 0 aliphatic rings. The van der Waals surface area contributed by atoms with Crippen molar-refractivity contribution in [2.45, 2.75) is 13.5 Å². The van der Waals surface area contributed by atoms with Gasteiger partial charge in [0.25, 0.3) is 0 Å². The third kappa shape index (κ3) is 2.26. The van der Waals surface area contributed by atoms with Crippen molar-refractivity contribution in [3.05, 3.63) is 83.6 Å². The molecule has 0 radical (unpaired) electrons. The molecule has 1 heterocycles. The molecule has 0 spiro atoms. The zero-order valence-electron chi connectivity index (χ0n) is 13.4. The van der Waals surface area contributed by atoms with Crippen LogP contribution < -0.4 is 0 Å². The Kier molecular flexibility index (Phi) is 3.35. The fraction of sp³-hybridized carbons (Fsp3) is 0.0952. The summed E-state index contributed by atoms with van der Waals surface area (Å²) in [6.07, 6.45) is 0. The Morgan fingerprint density at radius 1 is 0.958 bits per heavy atom. The topological polar surface area (TPSA) is 42.2 Å². The highest BCUT2D eigenvalue weighted by Crippen LogP contribution is 2.26. The minimum Gasteiger partial charge on any atom is -0.477 e. The van der Waals surface area contributed by atoms with Crippen LogP contribution in [0.5, 0.6) is 0 Å². The Balaban J connectivity index is 1.94. The third-order valence-electron chi connectivity index (χ3n) is 4.59. The average Bonchev–Trinajstić information content (AvgIpc) is 2.96. The molecule has 118 valence electrons. The molecule has 3 nitrogen and oxygen atoms in total. The van der Waals surface area contributed by atoms with Crippen molar-refractivity contribution in [1.82, 2.24) is 4.57 Å². The van der Waals surface area contributed by atoms with E-state index in [1.807, 2.05) is 47.9 Å². The summed E-state index contributed by atoms with van der Waals surface area (Å²) in [6, 6.07) is 22.1. The number of carbonyl (C=O) groups is 1. The highest BCUT2D eigenvalue weighted by molar-refractivity contribution is 5.96. The van der Waals surface area contributed by atoms with Crippen LogP contribution >= 0.6 is 0 Å². The van der Waals surface area contributed by atoms with Gasteiger partial charge in [0.15, 0.2) is 0 Å². The molecule has 24 heavy (non-hydrogen) atoms. The van der Waals surface area contributed by atoms with E-state index >= 15 is 0 Å². The number of hydrogen-bond donors (Lipinski definition) is 1. The first-order chi connectivity index (χ1) is 11.6. The van der Waals surface area contributed by atoms with Gasteiger partial charge in [0.05, 0.1) is 0 Å². The molecule has 0 bridgehead atoms. The fourth-order valence-corrected chi connectivity index (χ4v) is 3.38. The number of benzene rings is 3. The van der Waals surface area contributed by atoms with Crippen LogP contribution in [-0.2, 0) is 6.54 Å². The Morgan fingerprint density at radius 2 is 1.71 bits per heavy atom. The number of aromatic nitrogens is 1. The number of carboxylic acids is 1. The summed E-state index contributed by atoms with van der Waals surface area (Å²) in [4.78, 5) is 11.7. The van der Waals surface area contributed by atoms with Crippen LogP contribution in [0.25, 0.3) is 21.7 Å². The van der Waals surface area contributed by atoms with Crippen molar-refractivity contribution in [2.24, 2.45) is 0 Å². The highest BCUT2D eigenvalue weighted by atomic mass is 16.4. The molecule has 3 heteroatoms. The number of hydrogen-bond acceptors (Lipinski definition) is 1. The molecule has 0 fully saturated rings. The van der Waals surface area contributed by atoms with Crippen LogP contribution in [0.3, 0.4) is 0 Å². The van der Waals surface area contributed by atoms with E-state index in [9.17, 15) is 9.90 Å². The first-order valence-electron chi connectivity index (χ1n) is 7.94. The summed E-state index contributed by atoms with van der Waals surface area (Å²) in [6.45, 7) is 2.55. The van der Waals surface area contributed by atoms with Crippen LogP contribution in [0.15, 0.2) is 66.7 Å².